The molecule has 1 aromatic rings. The van der Waals surface area contributed by atoms with Gasteiger partial charge in [0.2, 0.25) is 0 Å². The fourth-order valence-electron chi connectivity index (χ4n) is 2.45. The summed E-state index contributed by atoms with van der Waals surface area (Å²) in [7, 11) is 0. The highest BCUT2D eigenvalue weighted by Gasteiger charge is 2.24. The number of nitrogens with zero attached hydrogens (tertiary/aromatic N) is 4. The van der Waals surface area contributed by atoms with Crippen LogP contribution in [0.3, 0.4) is 0 Å². The number of nitrogens with one attached hydrogen (secondary N) is 2. The summed E-state index contributed by atoms with van der Waals surface area (Å²) in [6.07, 6.45) is 2.57. The van der Waals surface area contributed by atoms with Gasteiger partial charge >= 0.3 is 12.0 Å². The third-order valence-electron chi connectivity index (χ3n) is 3.76. The molecule has 0 saturated carbocycles. The van der Waals surface area contributed by atoms with Crippen molar-refractivity contribution in [3.8, 4) is 0 Å². The van der Waals surface area contributed by atoms with Crippen molar-refractivity contribution in [2.75, 3.05) is 13.1 Å². The molecule has 9 nitrogen and oxygen atoms in total. The SMILES string of the molecule is CC(NC(=O)N1CCC(CCC(=O)O)CC1)c1nn[nH]n1. The van der Waals surface area contributed by atoms with Crippen LogP contribution in [0.4, 0.5) is 4.79 Å². The molecule has 2 rings (SSSR count). The van der Waals surface area contributed by atoms with Gasteiger partial charge in [-0.1, -0.05) is 5.21 Å². The predicted molar refractivity (Wildman–Crippen MR) is 72.3 cm³/mol. The Morgan fingerprint density at radius 3 is 2.76 bits per heavy atom. The minimum atomic E-state index is -0.760. The molecule has 0 bridgehead atoms. The number of tetrazole rings is 1. The van der Waals surface area contributed by atoms with Gasteiger partial charge in [0.1, 0.15) is 0 Å². The number of amides is 2. The Bertz CT molecular complexity index is 469. The summed E-state index contributed by atoms with van der Waals surface area (Å²) in [6.45, 7) is 3.09. The maximum atomic E-state index is 12.1. The lowest BCUT2D eigenvalue weighted by atomic mass is 9.92. The van der Waals surface area contributed by atoms with Crippen LogP contribution in [-0.2, 0) is 4.79 Å². The van der Waals surface area contributed by atoms with Gasteiger partial charge in [-0.15, -0.1) is 10.2 Å². The summed E-state index contributed by atoms with van der Waals surface area (Å²) >= 11 is 0. The van der Waals surface area contributed by atoms with Crippen LogP contribution in [-0.4, -0.2) is 55.7 Å². The molecule has 2 heterocycles. The third-order valence-corrected chi connectivity index (χ3v) is 3.76. The fraction of sp³-hybridized carbons (Fsp3) is 0.750. The maximum Gasteiger partial charge on any atom is 0.317 e. The first-order valence-corrected chi connectivity index (χ1v) is 7.07. The van der Waals surface area contributed by atoms with Gasteiger partial charge in [0.05, 0.1) is 6.04 Å². The minimum absolute atomic E-state index is 0.149. The van der Waals surface area contributed by atoms with Gasteiger partial charge in [-0.05, 0) is 32.1 Å². The molecule has 1 atom stereocenters. The molecule has 3 N–H and O–H groups in total. The highest BCUT2D eigenvalue weighted by atomic mass is 16.4. The largest absolute Gasteiger partial charge is 0.481 e. The Morgan fingerprint density at radius 1 is 1.48 bits per heavy atom. The molecule has 21 heavy (non-hydrogen) atoms. The van der Waals surface area contributed by atoms with Crippen LogP contribution in [0.5, 0.6) is 0 Å². The van der Waals surface area contributed by atoms with Crippen molar-refractivity contribution in [1.82, 2.24) is 30.8 Å². The molecule has 9 heteroatoms. The zero-order valence-electron chi connectivity index (χ0n) is 11.9. The number of carboxylic acids is 1. The third kappa shape index (κ3) is 4.40. The van der Waals surface area contributed by atoms with E-state index in [4.69, 9.17) is 5.11 Å². The van der Waals surface area contributed by atoms with E-state index in [9.17, 15) is 9.59 Å². The molecule has 116 valence electrons. The summed E-state index contributed by atoms with van der Waals surface area (Å²) < 4.78 is 0. The van der Waals surface area contributed by atoms with Crippen molar-refractivity contribution in [2.45, 2.75) is 38.6 Å². The van der Waals surface area contributed by atoms with Gasteiger partial charge in [0.15, 0.2) is 5.82 Å². The fourth-order valence-corrected chi connectivity index (χ4v) is 2.45. The number of hydrogen-bond acceptors (Lipinski definition) is 5. The molecule has 1 aliphatic rings. The number of aromatic nitrogens is 4. The first kappa shape index (κ1) is 15.2. The van der Waals surface area contributed by atoms with Crippen LogP contribution in [0.1, 0.15) is 44.5 Å². The van der Waals surface area contributed by atoms with E-state index in [0.29, 0.717) is 31.3 Å². The lowest BCUT2D eigenvalue weighted by Crippen LogP contribution is -2.45. The summed E-state index contributed by atoms with van der Waals surface area (Å²) in [4.78, 5) is 24.4. The molecule has 0 aliphatic carbocycles. The van der Waals surface area contributed by atoms with E-state index in [-0.39, 0.29) is 18.5 Å². The zero-order valence-corrected chi connectivity index (χ0v) is 11.9. The van der Waals surface area contributed by atoms with Crippen molar-refractivity contribution in [3.05, 3.63) is 5.82 Å². The Balaban J connectivity index is 1.74. The van der Waals surface area contributed by atoms with E-state index in [1.807, 2.05) is 0 Å². The number of urea groups is 1. The molecule has 0 aromatic carbocycles. The Labute approximate surface area is 122 Å². The number of carbonyl (C=O) groups excluding carboxylic acids is 1. The highest BCUT2D eigenvalue weighted by molar-refractivity contribution is 5.74. The number of aromatic amines is 1. The van der Waals surface area contributed by atoms with Crippen LogP contribution in [0.25, 0.3) is 0 Å². The van der Waals surface area contributed by atoms with E-state index >= 15 is 0 Å². The number of aliphatic carboxylic acids is 1. The molecule has 1 unspecified atom stereocenters. The minimum Gasteiger partial charge on any atom is -0.481 e. The molecule has 2 amide bonds. The zero-order chi connectivity index (χ0) is 15.2. The van der Waals surface area contributed by atoms with E-state index in [1.54, 1.807) is 11.8 Å². The standard InChI is InChI=1S/C12H20N6O3/c1-8(11-14-16-17-15-11)13-12(21)18-6-4-9(5-7-18)2-3-10(19)20/h8-9H,2-7H2,1H3,(H,13,21)(H,19,20)(H,14,15,16,17). The van der Waals surface area contributed by atoms with E-state index < -0.39 is 5.97 Å². The second-order valence-electron chi connectivity index (χ2n) is 5.30. The maximum absolute atomic E-state index is 12.1. The number of H-pyrrole nitrogens is 1. The number of hydrogen-bond donors (Lipinski definition) is 3. The van der Waals surface area contributed by atoms with Crippen molar-refractivity contribution in [2.24, 2.45) is 5.92 Å². The summed E-state index contributed by atoms with van der Waals surface area (Å²) in [5.74, 6) is 0.0728. The van der Waals surface area contributed by atoms with Crippen LogP contribution in [0.2, 0.25) is 0 Å². The lowest BCUT2D eigenvalue weighted by Gasteiger charge is -2.32. The van der Waals surface area contributed by atoms with E-state index in [2.05, 4.69) is 25.9 Å². The molecule has 1 saturated heterocycles. The van der Waals surface area contributed by atoms with Gasteiger partial charge in [-0.25, -0.2) is 4.79 Å². The average Bonchev–Trinajstić information content (AvgIpc) is 3.00. The van der Waals surface area contributed by atoms with E-state index in [0.717, 1.165) is 12.8 Å². The molecular formula is C12H20N6O3. The topological polar surface area (TPSA) is 124 Å². The van der Waals surface area contributed by atoms with Crippen LogP contribution < -0.4 is 5.32 Å². The number of carboxylic acid groups (broad SMARTS) is 1. The molecule has 1 aliphatic heterocycles. The van der Waals surface area contributed by atoms with Crippen molar-refractivity contribution < 1.29 is 14.7 Å². The van der Waals surface area contributed by atoms with Crippen molar-refractivity contribution >= 4 is 12.0 Å². The predicted octanol–water partition coefficient (Wildman–Crippen LogP) is 0.547. The van der Waals surface area contributed by atoms with Crippen LogP contribution in [0, 0.1) is 5.92 Å². The summed E-state index contributed by atoms with van der Waals surface area (Å²) in [5.41, 5.74) is 0. The van der Waals surface area contributed by atoms with Crippen LogP contribution in [0.15, 0.2) is 0 Å². The number of likely N-dealkylation sites (tertiary alicyclic amines) is 1. The Hall–Kier alpha value is -2.19. The van der Waals surface area contributed by atoms with E-state index in [1.165, 1.54) is 0 Å². The Kier molecular flexibility index (Phi) is 5.07. The molecule has 1 aromatic heterocycles. The van der Waals surface area contributed by atoms with Gasteiger partial charge in [-0.3, -0.25) is 4.79 Å². The second-order valence-corrected chi connectivity index (χ2v) is 5.30. The van der Waals surface area contributed by atoms with Gasteiger partial charge in [-0.2, -0.15) is 5.21 Å². The molecule has 0 radical (unpaired) electrons. The first-order chi connectivity index (χ1) is 10.1. The van der Waals surface area contributed by atoms with Crippen molar-refractivity contribution in [3.63, 3.8) is 0 Å². The molecule has 0 spiro atoms. The number of piperidine rings is 1. The van der Waals surface area contributed by atoms with Crippen LogP contribution >= 0.6 is 0 Å². The monoisotopic (exact) mass is 296 g/mol. The molecular weight excluding hydrogens is 276 g/mol. The second kappa shape index (κ2) is 7.00. The highest BCUT2D eigenvalue weighted by Crippen LogP contribution is 2.22. The van der Waals surface area contributed by atoms with Gasteiger partial charge in [0, 0.05) is 19.5 Å². The average molecular weight is 296 g/mol. The smallest absolute Gasteiger partial charge is 0.317 e. The summed E-state index contributed by atoms with van der Waals surface area (Å²) in [6, 6.07) is -0.454. The van der Waals surface area contributed by atoms with Gasteiger partial charge < -0.3 is 15.3 Å². The summed E-state index contributed by atoms with van der Waals surface area (Å²) in [5, 5.41) is 25.0. The Morgan fingerprint density at radius 2 is 2.19 bits per heavy atom. The normalized spacial score (nSPS) is 17.5. The van der Waals surface area contributed by atoms with Crippen molar-refractivity contribution in [1.29, 1.82) is 0 Å². The van der Waals surface area contributed by atoms with Gasteiger partial charge in [0.25, 0.3) is 0 Å². The quantitative estimate of drug-likeness (QED) is 0.728. The first-order valence-electron chi connectivity index (χ1n) is 7.07. The number of rotatable bonds is 5. The number of carbonyl (C=O) groups is 2. The molecule has 1 fully saturated rings. The lowest BCUT2D eigenvalue weighted by molar-refractivity contribution is -0.137.